The van der Waals surface area contributed by atoms with E-state index >= 15 is 0 Å². The Morgan fingerprint density at radius 3 is 2.48 bits per heavy atom. The third kappa shape index (κ3) is 5.82. The van der Waals surface area contributed by atoms with Gasteiger partial charge in [0, 0.05) is 6.54 Å². The summed E-state index contributed by atoms with van der Waals surface area (Å²) in [5, 5.41) is 2.61. The molecule has 0 aliphatic heterocycles. The number of amides is 1. The zero-order valence-electron chi connectivity index (χ0n) is 12.1. The Labute approximate surface area is 124 Å². The SMILES string of the molecule is CCCNC(=O)CN=C(N)NS(=O)(=O)c1ccc(C)cc1. The molecule has 0 radical (unpaired) electrons. The van der Waals surface area contributed by atoms with E-state index in [-0.39, 0.29) is 23.3 Å². The smallest absolute Gasteiger partial charge is 0.264 e. The molecule has 1 aromatic carbocycles. The van der Waals surface area contributed by atoms with E-state index in [2.05, 4.69) is 15.0 Å². The van der Waals surface area contributed by atoms with Gasteiger partial charge in [0.25, 0.3) is 10.0 Å². The second-order valence-corrected chi connectivity index (χ2v) is 6.15. The molecule has 0 fully saturated rings. The molecule has 4 N–H and O–H groups in total. The van der Waals surface area contributed by atoms with Crippen molar-refractivity contribution in [1.29, 1.82) is 0 Å². The number of rotatable bonds is 6. The van der Waals surface area contributed by atoms with Crippen LogP contribution in [0.3, 0.4) is 0 Å². The van der Waals surface area contributed by atoms with Crippen molar-refractivity contribution in [3.8, 4) is 0 Å². The van der Waals surface area contributed by atoms with Crippen LogP contribution in [-0.2, 0) is 14.8 Å². The number of nitrogens with two attached hydrogens (primary N) is 1. The molecule has 116 valence electrons. The van der Waals surface area contributed by atoms with Gasteiger partial charge in [-0.05, 0) is 25.5 Å². The van der Waals surface area contributed by atoms with Gasteiger partial charge in [-0.2, -0.15) is 0 Å². The van der Waals surface area contributed by atoms with E-state index in [1.165, 1.54) is 12.1 Å². The molecular weight excluding hydrogens is 292 g/mol. The molecule has 0 unspecified atom stereocenters. The average Bonchev–Trinajstić information content (AvgIpc) is 2.43. The third-order valence-electron chi connectivity index (χ3n) is 2.54. The molecule has 0 aliphatic rings. The number of sulfonamides is 1. The second-order valence-electron chi connectivity index (χ2n) is 4.47. The number of hydrogen-bond acceptors (Lipinski definition) is 4. The molecule has 21 heavy (non-hydrogen) atoms. The Morgan fingerprint density at radius 2 is 1.90 bits per heavy atom. The zero-order valence-corrected chi connectivity index (χ0v) is 12.9. The number of nitrogens with one attached hydrogen (secondary N) is 2. The summed E-state index contributed by atoms with van der Waals surface area (Å²) in [5.41, 5.74) is 6.43. The predicted molar refractivity (Wildman–Crippen MR) is 81.3 cm³/mol. The summed E-state index contributed by atoms with van der Waals surface area (Å²) in [6.45, 7) is 4.10. The van der Waals surface area contributed by atoms with Crippen LogP contribution in [0.25, 0.3) is 0 Å². The summed E-state index contributed by atoms with van der Waals surface area (Å²) in [5.74, 6) is -0.628. The van der Waals surface area contributed by atoms with Gasteiger partial charge >= 0.3 is 0 Å². The predicted octanol–water partition coefficient (Wildman–Crippen LogP) is 0.114. The summed E-state index contributed by atoms with van der Waals surface area (Å²) in [6, 6.07) is 6.30. The zero-order chi connectivity index (χ0) is 15.9. The van der Waals surface area contributed by atoms with Gasteiger partial charge in [0.05, 0.1) is 4.90 Å². The van der Waals surface area contributed by atoms with Crippen molar-refractivity contribution in [2.24, 2.45) is 10.7 Å². The van der Waals surface area contributed by atoms with Crippen LogP contribution in [0.5, 0.6) is 0 Å². The van der Waals surface area contributed by atoms with E-state index in [1.807, 2.05) is 13.8 Å². The van der Waals surface area contributed by atoms with Crippen LogP contribution >= 0.6 is 0 Å². The van der Waals surface area contributed by atoms with Gasteiger partial charge in [-0.1, -0.05) is 24.6 Å². The lowest BCUT2D eigenvalue weighted by Gasteiger charge is -2.07. The molecule has 7 nitrogen and oxygen atoms in total. The maximum absolute atomic E-state index is 12.0. The molecule has 0 saturated heterocycles. The fourth-order valence-electron chi connectivity index (χ4n) is 1.42. The highest BCUT2D eigenvalue weighted by Gasteiger charge is 2.14. The van der Waals surface area contributed by atoms with Crippen LogP contribution in [-0.4, -0.2) is 33.4 Å². The van der Waals surface area contributed by atoms with Gasteiger partial charge in [0.15, 0.2) is 0 Å². The molecule has 0 atom stereocenters. The minimum absolute atomic E-state index is 0.0849. The number of aryl methyl sites for hydroxylation is 1. The van der Waals surface area contributed by atoms with Crippen molar-refractivity contribution in [2.75, 3.05) is 13.1 Å². The molecule has 0 heterocycles. The first-order valence-corrected chi connectivity index (χ1v) is 7.99. The number of guanidine groups is 1. The number of carbonyl (C=O) groups is 1. The van der Waals surface area contributed by atoms with Gasteiger partial charge in [0.1, 0.15) is 6.54 Å². The fourth-order valence-corrected chi connectivity index (χ4v) is 2.38. The van der Waals surface area contributed by atoms with Gasteiger partial charge in [-0.15, -0.1) is 0 Å². The van der Waals surface area contributed by atoms with Gasteiger partial charge in [-0.3, -0.25) is 4.79 Å². The van der Waals surface area contributed by atoms with E-state index in [4.69, 9.17) is 5.73 Å². The molecule has 1 rings (SSSR count). The first kappa shape index (κ1) is 17.0. The Bertz CT molecular complexity index is 609. The van der Waals surface area contributed by atoms with Gasteiger partial charge < -0.3 is 11.1 Å². The molecule has 1 aromatic rings. The van der Waals surface area contributed by atoms with Crippen LogP contribution in [0.2, 0.25) is 0 Å². The largest absolute Gasteiger partial charge is 0.369 e. The quantitative estimate of drug-likeness (QED) is 0.511. The Kier molecular flexibility index (Phi) is 6.16. The summed E-state index contributed by atoms with van der Waals surface area (Å²) in [4.78, 5) is 15.1. The summed E-state index contributed by atoms with van der Waals surface area (Å²) >= 11 is 0. The maximum Gasteiger partial charge on any atom is 0.264 e. The second kappa shape index (κ2) is 7.63. The lowest BCUT2D eigenvalue weighted by molar-refractivity contribution is -0.119. The first-order valence-electron chi connectivity index (χ1n) is 6.51. The molecular formula is C13H20N4O3S. The van der Waals surface area contributed by atoms with Crippen LogP contribution < -0.4 is 15.8 Å². The highest BCUT2D eigenvalue weighted by atomic mass is 32.2. The van der Waals surface area contributed by atoms with Crippen molar-refractivity contribution < 1.29 is 13.2 Å². The molecule has 0 aromatic heterocycles. The number of aliphatic imine (C=N–C) groups is 1. The number of benzene rings is 1. The van der Waals surface area contributed by atoms with Crippen LogP contribution in [0.1, 0.15) is 18.9 Å². The molecule has 0 aliphatic carbocycles. The van der Waals surface area contributed by atoms with Crippen molar-refractivity contribution in [3.05, 3.63) is 29.8 Å². The molecule has 8 heteroatoms. The van der Waals surface area contributed by atoms with E-state index in [9.17, 15) is 13.2 Å². The molecule has 0 saturated carbocycles. The monoisotopic (exact) mass is 312 g/mol. The Balaban J connectivity index is 2.66. The lowest BCUT2D eigenvalue weighted by atomic mass is 10.2. The minimum Gasteiger partial charge on any atom is -0.369 e. The topological polar surface area (TPSA) is 114 Å². The van der Waals surface area contributed by atoms with E-state index in [1.54, 1.807) is 12.1 Å². The number of nitrogens with zero attached hydrogens (tertiary/aromatic N) is 1. The Hall–Kier alpha value is -2.09. The van der Waals surface area contributed by atoms with E-state index in [0.29, 0.717) is 6.54 Å². The molecule has 0 spiro atoms. The highest BCUT2D eigenvalue weighted by Crippen LogP contribution is 2.09. The summed E-state index contributed by atoms with van der Waals surface area (Å²) in [6.07, 6.45) is 0.811. The minimum atomic E-state index is -3.78. The first-order chi connectivity index (χ1) is 9.85. The maximum atomic E-state index is 12.0. The standard InChI is InChI=1S/C13H20N4O3S/c1-3-8-15-12(18)9-16-13(14)17-21(19,20)11-6-4-10(2)5-7-11/h4-7H,3,8-9H2,1-2H3,(H,15,18)(H3,14,16,17). The van der Waals surface area contributed by atoms with E-state index < -0.39 is 10.0 Å². The van der Waals surface area contributed by atoms with Crippen molar-refractivity contribution in [2.45, 2.75) is 25.2 Å². The summed E-state index contributed by atoms with van der Waals surface area (Å²) < 4.78 is 26.1. The highest BCUT2D eigenvalue weighted by molar-refractivity contribution is 7.90. The van der Waals surface area contributed by atoms with Crippen LogP contribution in [0.4, 0.5) is 0 Å². The van der Waals surface area contributed by atoms with Crippen molar-refractivity contribution >= 4 is 21.9 Å². The van der Waals surface area contributed by atoms with Gasteiger partial charge in [0.2, 0.25) is 11.9 Å². The normalized spacial score (nSPS) is 12.0. The van der Waals surface area contributed by atoms with Crippen molar-refractivity contribution in [1.82, 2.24) is 10.0 Å². The number of carbonyl (C=O) groups excluding carboxylic acids is 1. The average molecular weight is 312 g/mol. The van der Waals surface area contributed by atoms with Gasteiger partial charge in [-0.25, -0.2) is 18.1 Å². The Morgan fingerprint density at radius 1 is 1.29 bits per heavy atom. The fraction of sp³-hybridized carbons (Fsp3) is 0.385. The molecule has 0 bridgehead atoms. The van der Waals surface area contributed by atoms with E-state index in [0.717, 1.165) is 12.0 Å². The third-order valence-corrected chi connectivity index (χ3v) is 3.91. The van der Waals surface area contributed by atoms with Crippen molar-refractivity contribution in [3.63, 3.8) is 0 Å². The summed E-state index contributed by atoms with van der Waals surface area (Å²) in [7, 11) is -3.78. The van der Waals surface area contributed by atoms with Crippen LogP contribution in [0.15, 0.2) is 34.2 Å². The number of hydrogen-bond donors (Lipinski definition) is 3. The molecule has 1 amide bonds. The lowest BCUT2D eigenvalue weighted by Crippen LogP contribution is -2.38. The van der Waals surface area contributed by atoms with Crippen LogP contribution in [0, 0.1) is 6.92 Å².